The van der Waals surface area contributed by atoms with E-state index in [0.29, 0.717) is 49.0 Å². The molecule has 11 nitrogen and oxygen atoms in total. The molecule has 3 heterocycles. The second-order valence-corrected chi connectivity index (χ2v) is 6.60. The van der Waals surface area contributed by atoms with Crippen LogP contribution >= 0.6 is 0 Å². The maximum Gasteiger partial charge on any atom is 0.350 e. The molecule has 0 radical (unpaired) electrons. The topological polar surface area (TPSA) is 120 Å². The molecule has 1 amide bonds. The van der Waals surface area contributed by atoms with Gasteiger partial charge in [0, 0.05) is 31.2 Å². The average Bonchev–Trinajstić information content (AvgIpc) is 3.09. The van der Waals surface area contributed by atoms with Crippen LogP contribution in [0.3, 0.4) is 0 Å². The summed E-state index contributed by atoms with van der Waals surface area (Å²) in [6.07, 6.45) is 3.06. The highest BCUT2D eigenvalue weighted by molar-refractivity contribution is 5.92. The van der Waals surface area contributed by atoms with Gasteiger partial charge < -0.3 is 19.7 Å². The second-order valence-electron chi connectivity index (χ2n) is 6.60. The molecule has 0 bridgehead atoms. The third-order valence-corrected chi connectivity index (χ3v) is 4.68. The minimum atomic E-state index is -0.464. The number of benzene rings is 1. The lowest BCUT2D eigenvalue weighted by atomic mass is 10.2. The number of carbonyl (C=O) groups is 2. The molecule has 11 heteroatoms. The number of rotatable bonds is 5. The summed E-state index contributed by atoms with van der Waals surface area (Å²) in [5.41, 5.74) is 0.813. The Morgan fingerprint density at radius 3 is 2.63 bits per heavy atom. The third kappa shape index (κ3) is 3.87. The standard InChI is InChI=1S/C19H20N6O5/c1-29-18(27)13-2-4-14(5-3-13)21-15(26)12-25-19(28)24-7-6-20-16(17(24)22-25)23-8-10-30-11-9-23/h2-7H,8-12H2,1H3,(H,21,26). The minimum absolute atomic E-state index is 0.262. The van der Waals surface area contributed by atoms with Gasteiger partial charge in [-0.25, -0.2) is 23.7 Å². The quantitative estimate of drug-likeness (QED) is 0.588. The minimum Gasteiger partial charge on any atom is -0.465 e. The largest absolute Gasteiger partial charge is 0.465 e. The number of aromatic nitrogens is 4. The number of esters is 1. The van der Waals surface area contributed by atoms with E-state index in [2.05, 4.69) is 20.1 Å². The van der Waals surface area contributed by atoms with Crippen LogP contribution in [0.15, 0.2) is 41.5 Å². The molecule has 1 fully saturated rings. The molecule has 1 aliphatic rings. The number of fused-ring (bicyclic) bond motifs is 1. The first-order valence-electron chi connectivity index (χ1n) is 9.32. The summed E-state index contributed by atoms with van der Waals surface area (Å²) in [6, 6.07) is 6.24. The van der Waals surface area contributed by atoms with Crippen molar-refractivity contribution in [2.75, 3.05) is 43.6 Å². The SMILES string of the molecule is COC(=O)c1ccc(NC(=O)Cn2nc3c(N4CCOCC4)nccn3c2=O)cc1. The predicted molar refractivity (Wildman–Crippen MR) is 107 cm³/mol. The Labute approximate surface area is 170 Å². The van der Waals surface area contributed by atoms with Gasteiger partial charge in [-0.2, -0.15) is 0 Å². The van der Waals surface area contributed by atoms with Crippen molar-refractivity contribution in [2.45, 2.75) is 6.54 Å². The average molecular weight is 412 g/mol. The molecule has 1 saturated heterocycles. The fourth-order valence-electron chi connectivity index (χ4n) is 3.18. The number of hydrogen-bond acceptors (Lipinski definition) is 8. The van der Waals surface area contributed by atoms with E-state index >= 15 is 0 Å². The van der Waals surface area contributed by atoms with E-state index < -0.39 is 17.6 Å². The summed E-state index contributed by atoms with van der Waals surface area (Å²) in [5, 5.41) is 7.00. The fraction of sp³-hybridized carbons (Fsp3) is 0.316. The number of ether oxygens (including phenoxy) is 2. The van der Waals surface area contributed by atoms with Gasteiger partial charge in [0.2, 0.25) is 11.6 Å². The van der Waals surface area contributed by atoms with Crippen molar-refractivity contribution in [1.29, 1.82) is 0 Å². The Morgan fingerprint density at radius 1 is 1.20 bits per heavy atom. The smallest absolute Gasteiger partial charge is 0.350 e. The zero-order chi connectivity index (χ0) is 21.1. The first kappa shape index (κ1) is 19.6. The van der Waals surface area contributed by atoms with Gasteiger partial charge >= 0.3 is 11.7 Å². The number of carbonyl (C=O) groups excluding carboxylic acids is 2. The summed E-state index contributed by atoms with van der Waals surface area (Å²) in [5.74, 6) is -0.309. The lowest BCUT2D eigenvalue weighted by Gasteiger charge is -2.27. The fourth-order valence-corrected chi connectivity index (χ4v) is 3.18. The summed E-state index contributed by atoms with van der Waals surface area (Å²) in [4.78, 5) is 42.9. The molecule has 4 rings (SSSR count). The maximum absolute atomic E-state index is 12.7. The lowest BCUT2D eigenvalue weighted by molar-refractivity contribution is -0.117. The second kappa shape index (κ2) is 8.33. The number of amides is 1. The van der Waals surface area contributed by atoms with E-state index in [1.54, 1.807) is 24.3 Å². The monoisotopic (exact) mass is 412 g/mol. The molecular weight excluding hydrogens is 392 g/mol. The molecule has 30 heavy (non-hydrogen) atoms. The first-order valence-corrected chi connectivity index (χ1v) is 9.32. The summed E-state index contributed by atoms with van der Waals surface area (Å²) in [7, 11) is 1.30. The van der Waals surface area contributed by atoms with Gasteiger partial charge in [0.1, 0.15) is 6.54 Å². The zero-order valence-corrected chi connectivity index (χ0v) is 16.3. The van der Waals surface area contributed by atoms with Crippen LogP contribution in [0, 0.1) is 0 Å². The van der Waals surface area contributed by atoms with E-state index in [9.17, 15) is 14.4 Å². The Morgan fingerprint density at radius 2 is 1.93 bits per heavy atom. The van der Waals surface area contributed by atoms with E-state index in [0.717, 1.165) is 4.68 Å². The van der Waals surface area contributed by atoms with E-state index in [1.165, 1.54) is 23.9 Å². The van der Waals surface area contributed by atoms with Crippen LogP contribution in [0.5, 0.6) is 0 Å². The zero-order valence-electron chi connectivity index (χ0n) is 16.3. The summed E-state index contributed by atoms with van der Waals surface area (Å²) < 4.78 is 12.5. The van der Waals surface area contributed by atoms with Crippen LogP contribution in [-0.2, 0) is 20.8 Å². The van der Waals surface area contributed by atoms with Crippen LogP contribution in [0.4, 0.5) is 11.5 Å². The number of anilines is 2. The van der Waals surface area contributed by atoms with Gasteiger partial charge in [-0.3, -0.25) is 4.79 Å². The molecule has 0 aliphatic carbocycles. The van der Waals surface area contributed by atoms with Gasteiger partial charge in [-0.05, 0) is 24.3 Å². The van der Waals surface area contributed by atoms with Gasteiger partial charge in [0.25, 0.3) is 0 Å². The first-order chi connectivity index (χ1) is 14.6. The van der Waals surface area contributed by atoms with Crippen molar-refractivity contribution < 1.29 is 19.1 Å². The van der Waals surface area contributed by atoms with Crippen molar-refractivity contribution in [3.63, 3.8) is 0 Å². The van der Waals surface area contributed by atoms with Crippen molar-refractivity contribution in [3.8, 4) is 0 Å². The summed E-state index contributed by atoms with van der Waals surface area (Å²) >= 11 is 0. The maximum atomic E-state index is 12.7. The van der Waals surface area contributed by atoms with Crippen molar-refractivity contribution in [1.82, 2.24) is 19.2 Å². The van der Waals surface area contributed by atoms with Gasteiger partial charge in [0.15, 0.2) is 5.82 Å². The Hall–Kier alpha value is -3.73. The predicted octanol–water partition coefficient (Wildman–Crippen LogP) is 0.153. The normalized spacial score (nSPS) is 14.0. The van der Waals surface area contributed by atoms with Gasteiger partial charge in [-0.1, -0.05) is 0 Å². The molecule has 1 aromatic carbocycles. The van der Waals surface area contributed by atoms with Gasteiger partial charge in [-0.15, -0.1) is 5.10 Å². The van der Waals surface area contributed by atoms with Crippen LogP contribution in [0.25, 0.3) is 5.65 Å². The number of nitrogens with one attached hydrogen (secondary N) is 1. The van der Waals surface area contributed by atoms with E-state index in [1.807, 2.05) is 4.90 Å². The number of morpholine rings is 1. The van der Waals surface area contributed by atoms with Crippen molar-refractivity contribution in [3.05, 3.63) is 52.7 Å². The molecule has 1 N–H and O–H groups in total. The molecule has 0 unspecified atom stereocenters. The Kier molecular flexibility index (Phi) is 5.44. The van der Waals surface area contributed by atoms with Crippen LogP contribution < -0.4 is 15.9 Å². The lowest BCUT2D eigenvalue weighted by Crippen LogP contribution is -2.37. The number of hydrogen-bond donors (Lipinski definition) is 1. The Balaban J connectivity index is 1.52. The van der Waals surface area contributed by atoms with Crippen molar-refractivity contribution in [2.24, 2.45) is 0 Å². The highest BCUT2D eigenvalue weighted by Crippen LogP contribution is 2.17. The molecule has 0 spiro atoms. The molecule has 0 saturated carbocycles. The molecule has 0 atom stereocenters. The van der Waals surface area contributed by atoms with Crippen LogP contribution in [0.1, 0.15) is 10.4 Å². The Bertz CT molecular complexity index is 1130. The molecule has 1 aliphatic heterocycles. The van der Waals surface area contributed by atoms with E-state index in [4.69, 9.17) is 4.74 Å². The van der Waals surface area contributed by atoms with Crippen LogP contribution in [-0.4, -0.2) is 64.5 Å². The van der Waals surface area contributed by atoms with Crippen LogP contribution in [0.2, 0.25) is 0 Å². The number of nitrogens with zero attached hydrogens (tertiary/aromatic N) is 5. The number of methoxy groups -OCH3 is 1. The van der Waals surface area contributed by atoms with Gasteiger partial charge in [0.05, 0.1) is 25.9 Å². The van der Waals surface area contributed by atoms with E-state index in [-0.39, 0.29) is 6.54 Å². The highest BCUT2D eigenvalue weighted by Gasteiger charge is 2.20. The molecule has 3 aromatic rings. The third-order valence-electron chi connectivity index (χ3n) is 4.68. The van der Waals surface area contributed by atoms with Crippen molar-refractivity contribution >= 4 is 29.0 Å². The molecular formula is C19H20N6O5. The molecule has 156 valence electrons. The highest BCUT2D eigenvalue weighted by atomic mass is 16.5. The summed E-state index contributed by atoms with van der Waals surface area (Å²) in [6.45, 7) is 2.18. The molecule has 2 aromatic heterocycles.